The highest BCUT2D eigenvalue weighted by Crippen LogP contribution is 2.62. The molecule has 0 aromatic carbocycles. The van der Waals surface area contributed by atoms with Crippen LogP contribution < -0.4 is 5.32 Å². The maximum atomic E-state index is 5.36. The van der Waals surface area contributed by atoms with Gasteiger partial charge in [0.15, 0.2) is 5.82 Å². The first kappa shape index (κ1) is 10.3. The highest BCUT2D eigenvalue weighted by Gasteiger charge is 2.56. The summed E-state index contributed by atoms with van der Waals surface area (Å²) in [5, 5.41) is 7.33. The molecule has 1 aromatic rings. The molecule has 2 atom stereocenters. The fraction of sp³-hybridized carbons (Fsp3) is 0.833. The van der Waals surface area contributed by atoms with Crippen LogP contribution in [0.5, 0.6) is 0 Å². The summed E-state index contributed by atoms with van der Waals surface area (Å²) in [6, 6.07) is 0.460. The third kappa shape index (κ3) is 1.75. The number of nitrogens with one attached hydrogen (secondary N) is 1. The molecule has 0 radical (unpaired) electrons. The second-order valence-corrected chi connectivity index (χ2v) is 5.37. The van der Waals surface area contributed by atoms with Crippen LogP contribution in [0.3, 0.4) is 0 Å². The Balaban J connectivity index is 1.61. The fourth-order valence-corrected chi connectivity index (χ4v) is 2.96. The molecule has 1 N–H and O–H groups in total. The van der Waals surface area contributed by atoms with Gasteiger partial charge in [0, 0.05) is 12.0 Å². The summed E-state index contributed by atoms with van der Waals surface area (Å²) >= 11 is 0. The zero-order valence-corrected chi connectivity index (χ0v) is 9.94. The minimum absolute atomic E-state index is 0.460. The van der Waals surface area contributed by atoms with Crippen molar-refractivity contribution >= 4 is 0 Å². The first-order valence-corrected chi connectivity index (χ1v) is 6.31. The lowest BCUT2D eigenvalue weighted by atomic mass is 10.1. The quantitative estimate of drug-likeness (QED) is 0.845. The molecule has 2 fully saturated rings. The number of rotatable bonds is 4. The summed E-state index contributed by atoms with van der Waals surface area (Å²) in [7, 11) is 0. The third-order valence-corrected chi connectivity index (χ3v) is 3.84. The maximum Gasteiger partial charge on any atom is 0.230 e. The van der Waals surface area contributed by atoms with Crippen LogP contribution in [0.4, 0.5) is 0 Å². The lowest BCUT2D eigenvalue weighted by molar-refractivity contribution is 0.361. The molecular weight excluding hydrogens is 202 g/mol. The predicted octanol–water partition coefficient (Wildman–Crippen LogP) is 2.08. The van der Waals surface area contributed by atoms with E-state index in [4.69, 9.17) is 4.52 Å². The number of nitrogens with zero attached hydrogens (tertiary/aromatic N) is 2. The molecule has 16 heavy (non-hydrogen) atoms. The van der Waals surface area contributed by atoms with E-state index in [-0.39, 0.29) is 0 Å². The van der Waals surface area contributed by atoms with Crippen molar-refractivity contribution in [2.75, 3.05) is 0 Å². The highest BCUT2D eigenvalue weighted by molar-refractivity contribution is 5.15. The molecule has 0 aliphatic heterocycles. The molecule has 2 saturated carbocycles. The SMILES string of the molecule is CC(C)NCc1noc(C2C3CCCC32)n1. The van der Waals surface area contributed by atoms with Crippen LogP contribution in [0.2, 0.25) is 0 Å². The van der Waals surface area contributed by atoms with Gasteiger partial charge in [0.25, 0.3) is 0 Å². The minimum atomic E-state index is 0.460. The molecule has 4 heteroatoms. The molecular formula is C12H19N3O. The van der Waals surface area contributed by atoms with E-state index in [2.05, 4.69) is 29.3 Å². The largest absolute Gasteiger partial charge is 0.339 e. The Morgan fingerprint density at radius 3 is 2.81 bits per heavy atom. The molecule has 2 aliphatic carbocycles. The van der Waals surface area contributed by atoms with E-state index in [0.29, 0.717) is 18.5 Å². The zero-order chi connectivity index (χ0) is 11.1. The number of fused-ring (bicyclic) bond motifs is 1. The Morgan fingerprint density at radius 1 is 1.38 bits per heavy atom. The lowest BCUT2D eigenvalue weighted by Gasteiger charge is -2.03. The number of hydrogen-bond acceptors (Lipinski definition) is 4. The van der Waals surface area contributed by atoms with E-state index in [9.17, 15) is 0 Å². The first-order valence-electron chi connectivity index (χ1n) is 6.31. The van der Waals surface area contributed by atoms with Crippen molar-refractivity contribution in [2.45, 2.75) is 51.6 Å². The molecule has 2 unspecified atom stereocenters. The molecule has 4 nitrogen and oxygen atoms in total. The van der Waals surface area contributed by atoms with Gasteiger partial charge < -0.3 is 9.84 Å². The van der Waals surface area contributed by atoms with Crippen molar-refractivity contribution in [1.29, 1.82) is 0 Å². The summed E-state index contributed by atoms with van der Waals surface area (Å²) in [4.78, 5) is 4.49. The van der Waals surface area contributed by atoms with Gasteiger partial charge in [0.2, 0.25) is 5.89 Å². The Bertz CT molecular complexity index is 364. The summed E-state index contributed by atoms with van der Waals surface area (Å²) < 4.78 is 5.36. The third-order valence-electron chi connectivity index (χ3n) is 3.84. The van der Waals surface area contributed by atoms with E-state index in [1.54, 1.807) is 0 Å². The Morgan fingerprint density at radius 2 is 2.12 bits per heavy atom. The molecule has 1 heterocycles. The van der Waals surface area contributed by atoms with Gasteiger partial charge in [-0.2, -0.15) is 4.98 Å². The van der Waals surface area contributed by atoms with Gasteiger partial charge in [-0.05, 0) is 24.7 Å². The summed E-state index contributed by atoms with van der Waals surface area (Å²) in [5.41, 5.74) is 0. The molecule has 1 aromatic heterocycles. The standard InChI is InChI=1S/C12H19N3O/c1-7(2)13-6-10-14-12(16-15-10)11-8-4-3-5-9(8)11/h7-9,11,13H,3-6H2,1-2H3. The second kappa shape index (κ2) is 3.84. The molecule has 0 bridgehead atoms. The predicted molar refractivity (Wildman–Crippen MR) is 59.8 cm³/mol. The normalized spacial score (nSPS) is 32.1. The molecule has 88 valence electrons. The minimum Gasteiger partial charge on any atom is -0.339 e. The lowest BCUT2D eigenvalue weighted by Crippen LogP contribution is -2.22. The Hall–Kier alpha value is -0.900. The molecule has 0 spiro atoms. The smallest absolute Gasteiger partial charge is 0.230 e. The molecule has 0 amide bonds. The maximum absolute atomic E-state index is 5.36. The topological polar surface area (TPSA) is 51.0 Å². The van der Waals surface area contributed by atoms with Crippen LogP contribution in [-0.4, -0.2) is 16.2 Å². The summed E-state index contributed by atoms with van der Waals surface area (Å²) in [6.07, 6.45) is 4.11. The molecule has 2 aliphatic rings. The van der Waals surface area contributed by atoms with Crippen molar-refractivity contribution in [3.05, 3.63) is 11.7 Å². The van der Waals surface area contributed by atoms with Crippen molar-refractivity contribution < 1.29 is 4.52 Å². The Kier molecular flexibility index (Phi) is 2.46. The molecule has 3 rings (SSSR count). The highest BCUT2D eigenvalue weighted by atomic mass is 16.5. The van der Waals surface area contributed by atoms with Gasteiger partial charge in [0.1, 0.15) is 0 Å². The van der Waals surface area contributed by atoms with E-state index in [1.807, 2.05) is 0 Å². The average molecular weight is 221 g/mol. The Labute approximate surface area is 95.8 Å². The van der Waals surface area contributed by atoms with Crippen molar-refractivity contribution in [1.82, 2.24) is 15.5 Å². The van der Waals surface area contributed by atoms with Crippen LogP contribution >= 0.6 is 0 Å². The van der Waals surface area contributed by atoms with Gasteiger partial charge in [-0.15, -0.1) is 0 Å². The van der Waals surface area contributed by atoms with Gasteiger partial charge in [-0.25, -0.2) is 0 Å². The summed E-state index contributed by atoms with van der Waals surface area (Å²) in [5.74, 6) is 3.98. The van der Waals surface area contributed by atoms with E-state index < -0.39 is 0 Å². The van der Waals surface area contributed by atoms with E-state index in [0.717, 1.165) is 23.6 Å². The number of aromatic nitrogens is 2. The van der Waals surface area contributed by atoms with E-state index >= 15 is 0 Å². The summed E-state index contributed by atoms with van der Waals surface area (Å²) in [6.45, 7) is 4.95. The monoisotopic (exact) mass is 221 g/mol. The van der Waals surface area contributed by atoms with Crippen LogP contribution in [0.25, 0.3) is 0 Å². The number of hydrogen-bond donors (Lipinski definition) is 1. The second-order valence-electron chi connectivity index (χ2n) is 5.37. The first-order chi connectivity index (χ1) is 7.75. The van der Waals surface area contributed by atoms with Gasteiger partial charge >= 0.3 is 0 Å². The van der Waals surface area contributed by atoms with Crippen molar-refractivity contribution in [3.63, 3.8) is 0 Å². The van der Waals surface area contributed by atoms with Crippen LogP contribution in [0, 0.1) is 11.8 Å². The molecule has 0 saturated heterocycles. The van der Waals surface area contributed by atoms with Gasteiger partial charge in [0.05, 0.1) is 6.54 Å². The zero-order valence-electron chi connectivity index (χ0n) is 9.94. The van der Waals surface area contributed by atoms with Gasteiger partial charge in [-0.1, -0.05) is 25.4 Å². The van der Waals surface area contributed by atoms with Crippen LogP contribution in [0.15, 0.2) is 4.52 Å². The average Bonchev–Trinajstić information content (AvgIpc) is 2.73. The van der Waals surface area contributed by atoms with Crippen molar-refractivity contribution in [3.8, 4) is 0 Å². The van der Waals surface area contributed by atoms with Crippen LogP contribution in [0.1, 0.15) is 50.7 Å². The van der Waals surface area contributed by atoms with Crippen LogP contribution in [-0.2, 0) is 6.54 Å². The van der Waals surface area contributed by atoms with Gasteiger partial charge in [-0.3, -0.25) is 0 Å². The van der Waals surface area contributed by atoms with E-state index in [1.165, 1.54) is 19.3 Å². The fourth-order valence-electron chi connectivity index (χ4n) is 2.96. The van der Waals surface area contributed by atoms with Crippen molar-refractivity contribution in [2.24, 2.45) is 11.8 Å².